The molecular formula is C18H16F3N3. The van der Waals surface area contributed by atoms with E-state index in [2.05, 4.69) is 10.1 Å². The summed E-state index contributed by atoms with van der Waals surface area (Å²) in [4.78, 5) is 4.38. The Bertz CT molecular complexity index is 866. The van der Waals surface area contributed by atoms with E-state index in [4.69, 9.17) is 0 Å². The van der Waals surface area contributed by atoms with Gasteiger partial charge >= 0.3 is 6.18 Å². The molecule has 3 nitrogen and oxygen atoms in total. The summed E-state index contributed by atoms with van der Waals surface area (Å²) in [5.74, 6) is 0.630. The maximum atomic E-state index is 13.3. The van der Waals surface area contributed by atoms with Crippen LogP contribution in [0, 0.1) is 0 Å². The summed E-state index contributed by atoms with van der Waals surface area (Å²) in [5, 5.41) is 4.33. The lowest BCUT2D eigenvalue weighted by Gasteiger charge is -2.11. The second-order valence-corrected chi connectivity index (χ2v) is 5.44. The van der Waals surface area contributed by atoms with Crippen molar-refractivity contribution >= 4 is 0 Å². The Kier molecular flexibility index (Phi) is 4.13. The van der Waals surface area contributed by atoms with Crippen LogP contribution < -0.4 is 0 Å². The van der Waals surface area contributed by atoms with Crippen molar-refractivity contribution in [2.75, 3.05) is 0 Å². The Hall–Kier alpha value is -2.63. The van der Waals surface area contributed by atoms with Crippen LogP contribution in [0.2, 0.25) is 0 Å². The fourth-order valence-corrected chi connectivity index (χ4v) is 2.71. The average Bonchev–Trinajstić information content (AvgIpc) is 2.95. The third-order valence-corrected chi connectivity index (χ3v) is 3.88. The van der Waals surface area contributed by atoms with Gasteiger partial charge in [-0.05, 0) is 18.1 Å². The maximum Gasteiger partial charge on any atom is 0.417 e. The van der Waals surface area contributed by atoms with Crippen LogP contribution in [0.4, 0.5) is 13.2 Å². The molecule has 1 aromatic heterocycles. The summed E-state index contributed by atoms with van der Waals surface area (Å²) in [6.45, 7) is 2.02. The molecule has 124 valence electrons. The van der Waals surface area contributed by atoms with Gasteiger partial charge in [0.05, 0.1) is 5.56 Å². The number of benzene rings is 2. The molecule has 3 aromatic rings. The van der Waals surface area contributed by atoms with Crippen molar-refractivity contribution in [1.82, 2.24) is 14.8 Å². The fourth-order valence-electron chi connectivity index (χ4n) is 2.71. The SMILES string of the molecule is CCc1ccccc1-c1nc(-c2ccccc2C(F)(F)F)n(C)n1. The molecule has 0 N–H and O–H groups in total. The highest BCUT2D eigenvalue weighted by molar-refractivity contribution is 5.66. The van der Waals surface area contributed by atoms with Gasteiger partial charge in [-0.15, -0.1) is 0 Å². The first-order valence-electron chi connectivity index (χ1n) is 7.57. The number of hydrogen-bond acceptors (Lipinski definition) is 2. The number of aromatic nitrogens is 3. The Balaban J connectivity index is 2.15. The molecule has 0 saturated carbocycles. The molecule has 0 unspecified atom stereocenters. The Morgan fingerprint density at radius 3 is 2.25 bits per heavy atom. The smallest absolute Gasteiger partial charge is 0.248 e. The molecule has 0 saturated heterocycles. The summed E-state index contributed by atoms with van der Waals surface area (Å²) in [6, 6.07) is 13.1. The maximum absolute atomic E-state index is 13.3. The highest BCUT2D eigenvalue weighted by Crippen LogP contribution is 2.36. The van der Waals surface area contributed by atoms with Crippen molar-refractivity contribution in [2.24, 2.45) is 7.05 Å². The predicted octanol–water partition coefficient (Wildman–Crippen LogP) is 4.73. The number of hydrogen-bond donors (Lipinski definition) is 0. The lowest BCUT2D eigenvalue weighted by Crippen LogP contribution is -2.08. The van der Waals surface area contributed by atoms with Crippen molar-refractivity contribution in [2.45, 2.75) is 19.5 Å². The molecule has 6 heteroatoms. The van der Waals surface area contributed by atoms with E-state index in [1.54, 1.807) is 13.1 Å². The number of rotatable bonds is 3. The lowest BCUT2D eigenvalue weighted by atomic mass is 10.0. The van der Waals surface area contributed by atoms with Crippen molar-refractivity contribution in [3.63, 3.8) is 0 Å². The van der Waals surface area contributed by atoms with Crippen molar-refractivity contribution in [3.05, 3.63) is 59.7 Å². The van der Waals surface area contributed by atoms with Gasteiger partial charge in [0.25, 0.3) is 0 Å². The molecule has 0 atom stereocenters. The van der Waals surface area contributed by atoms with Gasteiger partial charge in [0.2, 0.25) is 0 Å². The third-order valence-electron chi connectivity index (χ3n) is 3.88. The largest absolute Gasteiger partial charge is 0.417 e. The van der Waals surface area contributed by atoms with Gasteiger partial charge in [0, 0.05) is 18.2 Å². The van der Waals surface area contributed by atoms with E-state index in [9.17, 15) is 13.2 Å². The minimum atomic E-state index is -4.44. The monoisotopic (exact) mass is 331 g/mol. The Morgan fingerprint density at radius 1 is 0.958 bits per heavy atom. The zero-order valence-electron chi connectivity index (χ0n) is 13.3. The molecule has 0 bridgehead atoms. The second kappa shape index (κ2) is 6.11. The molecule has 3 rings (SSSR count). The standard InChI is InChI=1S/C18H16F3N3/c1-3-12-8-4-5-9-13(12)16-22-17(24(2)23-16)14-10-6-7-11-15(14)18(19,20)21/h4-11H,3H2,1-2H3. The number of aryl methyl sites for hydroxylation is 2. The number of nitrogens with zero attached hydrogens (tertiary/aromatic N) is 3. The molecule has 0 radical (unpaired) electrons. The topological polar surface area (TPSA) is 30.7 Å². The van der Waals surface area contributed by atoms with Gasteiger partial charge in [-0.25, -0.2) is 9.67 Å². The van der Waals surface area contributed by atoms with Crippen LogP contribution in [0.3, 0.4) is 0 Å². The average molecular weight is 331 g/mol. The molecule has 0 fully saturated rings. The van der Waals surface area contributed by atoms with Crippen molar-refractivity contribution in [1.29, 1.82) is 0 Å². The zero-order valence-corrected chi connectivity index (χ0v) is 13.3. The summed E-state index contributed by atoms with van der Waals surface area (Å²) < 4.78 is 41.2. The highest BCUT2D eigenvalue weighted by atomic mass is 19.4. The third kappa shape index (κ3) is 2.91. The molecule has 24 heavy (non-hydrogen) atoms. The van der Waals surface area contributed by atoms with Gasteiger partial charge in [0.1, 0.15) is 0 Å². The summed E-state index contributed by atoms with van der Waals surface area (Å²) in [6.07, 6.45) is -3.65. The van der Waals surface area contributed by atoms with Crippen LogP contribution in [0.25, 0.3) is 22.8 Å². The van der Waals surface area contributed by atoms with Gasteiger partial charge in [-0.3, -0.25) is 0 Å². The van der Waals surface area contributed by atoms with Crippen LogP contribution in [0.15, 0.2) is 48.5 Å². The van der Waals surface area contributed by atoms with Gasteiger partial charge in [-0.2, -0.15) is 18.3 Å². The Morgan fingerprint density at radius 2 is 1.58 bits per heavy atom. The first kappa shape index (κ1) is 16.2. The van der Waals surface area contributed by atoms with Gasteiger partial charge in [-0.1, -0.05) is 49.4 Å². The first-order chi connectivity index (χ1) is 11.4. The van der Waals surface area contributed by atoms with Crippen LogP contribution >= 0.6 is 0 Å². The van der Waals surface area contributed by atoms with E-state index in [-0.39, 0.29) is 11.4 Å². The van der Waals surface area contributed by atoms with Gasteiger partial charge < -0.3 is 0 Å². The quantitative estimate of drug-likeness (QED) is 0.694. The normalized spacial score (nSPS) is 11.7. The molecule has 0 aliphatic heterocycles. The molecule has 0 aliphatic rings. The van der Waals surface area contributed by atoms with E-state index in [0.717, 1.165) is 23.6 Å². The Labute approximate surface area is 137 Å². The zero-order chi connectivity index (χ0) is 17.3. The molecule has 2 aromatic carbocycles. The van der Waals surface area contributed by atoms with Crippen LogP contribution in [0.1, 0.15) is 18.1 Å². The summed E-state index contributed by atoms with van der Waals surface area (Å²) in [7, 11) is 1.60. The molecule has 0 aliphatic carbocycles. The van der Waals surface area contributed by atoms with E-state index < -0.39 is 11.7 Å². The molecule has 1 heterocycles. The summed E-state index contributed by atoms with van der Waals surface area (Å²) >= 11 is 0. The van der Waals surface area contributed by atoms with E-state index in [1.807, 2.05) is 31.2 Å². The minimum absolute atomic E-state index is 0.0280. The van der Waals surface area contributed by atoms with Crippen LogP contribution in [-0.4, -0.2) is 14.8 Å². The number of alkyl halides is 3. The second-order valence-electron chi connectivity index (χ2n) is 5.44. The van der Waals surface area contributed by atoms with Crippen LogP contribution in [-0.2, 0) is 19.6 Å². The minimum Gasteiger partial charge on any atom is -0.248 e. The van der Waals surface area contributed by atoms with Crippen molar-refractivity contribution < 1.29 is 13.2 Å². The fraction of sp³-hybridized carbons (Fsp3) is 0.222. The van der Waals surface area contributed by atoms with Crippen molar-refractivity contribution in [3.8, 4) is 22.8 Å². The number of halogens is 3. The predicted molar refractivity (Wildman–Crippen MR) is 86.3 cm³/mol. The molecule has 0 spiro atoms. The van der Waals surface area contributed by atoms with E-state index in [0.29, 0.717) is 5.82 Å². The van der Waals surface area contributed by atoms with E-state index in [1.165, 1.54) is 16.8 Å². The summed E-state index contributed by atoms with van der Waals surface area (Å²) in [5.41, 5.74) is 1.21. The lowest BCUT2D eigenvalue weighted by molar-refractivity contribution is -0.137. The van der Waals surface area contributed by atoms with E-state index >= 15 is 0 Å². The van der Waals surface area contributed by atoms with Gasteiger partial charge in [0.15, 0.2) is 11.6 Å². The first-order valence-corrected chi connectivity index (χ1v) is 7.57. The highest BCUT2D eigenvalue weighted by Gasteiger charge is 2.34. The van der Waals surface area contributed by atoms with Crippen LogP contribution in [0.5, 0.6) is 0 Å². The molecule has 0 amide bonds. The molecular weight excluding hydrogens is 315 g/mol.